The zero-order valence-electron chi connectivity index (χ0n) is 17.2. The minimum atomic E-state index is -3.80. The van der Waals surface area contributed by atoms with Crippen molar-refractivity contribution < 1.29 is 22.4 Å². The fourth-order valence-electron chi connectivity index (χ4n) is 3.96. The number of likely N-dealkylation sites (tertiary alicyclic amines) is 1. The molecule has 1 aromatic heterocycles. The Labute approximate surface area is 181 Å². The van der Waals surface area contributed by atoms with Crippen LogP contribution in [0.5, 0.6) is 0 Å². The number of sulfonamides is 1. The van der Waals surface area contributed by atoms with Crippen LogP contribution in [0.25, 0.3) is 0 Å². The standard InChI is InChI=1S/C21H26N4O5S/c22-20(26)18-7-8-19(30-18)31(28,29)25-13-11-23(12-14-25)15-16-3-5-17(6-4-16)21(27)24-9-1-2-10-24/h3-8H,1-2,9-15H2,(H2,22,26). The maximum atomic E-state index is 12.7. The first-order valence-electron chi connectivity index (χ1n) is 10.3. The highest BCUT2D eigenvalue weighted by Gasteiger charge is 2.31. The van der Waals surface area contributed by atoms with Gasteiger partial charge in [-0.15, -0.1) is 0 Å². The second-order valence-electron chi connectivity index (χ2n) is 7.86. The van der Waals surface area contributed by atoms with Gasteiger partial charge in [-0.3, -0.25) is 14.5 Å². The summed E-state index contributed by atoms with van der Waals surface area (Å²) in [4.78, 5) is 27.7. The van der Waals surface area contributed by atoms with Crippen LogP contribution >= 0.6 is 0 Å². The lowest BCUT2D eigenvalue weighted by Gasteiger charge is -2.33. The molecule has 2 N–H and O–H groups in total. The molecule has 2 aromatic rings. The summed E-state index contributed by atoms with van der Waals surface area (Å²) in [5.41, 5.74) is 6.91. The summed E-state index contributed by atoms with van der Waals surface area (Å²) in [5, 5.41) is -0.270. The van der Waals surface area contributed by atoms with Crippen LogP contribution in [0.4, 0.5) is 0 Å². The van der Waals surface area contributed by atoms with Crippen molar-refractivity contribution in [2.45, 2.75) is 24.5 Å². The minimum Gasteiger partial charge on any atom is -0.438 e. The third-order valence-electron chi connectivity index (χ3n) is 5.75. The predicted octanol–water partition coefficient (Wildman–Crippen LogP) is 1.12. The smallest absolute Gasteiger partial charge is 0.284 e. The first kappa shape index (κ1) is 21.5. The second-order valence-corrected chi connectivity index (χ2v) is 9.73. The van der Waals surface area contributed by atoms with Crippen molar-refractivity contribution in [3.63, 3.8) is 0 Å². The van der Waals surface area contributed by atoms with Gasteiger partial charge in [0, 0.05) is 51.4 Å². The monoisotopic (exact) mass is 446 g/mol. The molecule has 2 fully saturated rings. The lowest BCUT2D eigenvalue weighted by Crippen LogP contribution is -2.48. The lowest BCUT2D eigenvalue weighted by molar-refractivity contribution is 0.0792. The number of nitrogens with two attached hydrogens (primary N) is 1. The van der Waals surface area contributed by atoms with Gasteiger partial charge >= 0.3 is 0 Å². The van der Waals surface area contributed by atoms with Gasteiger partial charge in [0.25, 0.3) is 21.8 Å². The van der Waals surface area contributed by atoms with Crippen LogP contribution in [-0.4, -0.2) is 73.6 Å². The summed E-state index contributed by atoms with van der Waals surface area (Å²) in [5.74, 6) is -0.899. The molecule has 2 aliphatic rings. The molecule has 1 aromatic carbocycles. The van der Waals surface area contributed by atoms with Crippen molar-refractivity contribution in [1.29, 1.82) is 0 Å². The van der Waals surface area contributed by atoms with E-state index in [1.165, 1.54) is 16.4 Å². The van der Waals surface area contributed by atoms with Gasteiger partial charge in [-0.2, -0.15) is 4.31 Å². The Morgan fingerprint density at radius 3 is 2.13 bits per heavy atom. The highest BCUT2D eigenvalue weighted by molar-refractivity contribution is 7.89. The maximum Gasteiger partial charge on any atom is 0.284 e. The number of nitrogens with zero attached hydrogens (tertiary/aromatic N) is 3. The molecule has 4 rings (SSSR count). The molecule has 31 heavy (non-hydrogen) atoms. The molecule has 2 saturated heterocycles. The second kappa shape index (κ2) is 8.81. The van der Waals surface area contributed by atoms with Gasteiger partial charge in [-0.05, 0) is 42.7 Å². The number of hydrogen-bond donors (Lipinski definition) is 1. The molecule has 0 unspecified atom stereocenters. The Morgan fingerprint density at radius 2 is 1.55 bits per heavy atom. The van der Waals surface area contributed by atoms with E-state index >= 15 is 0 Å². The first-order valence-corrected chi connectivity index (χ1v) is 11.8. The van der Waals surface area contributed by atoms with Crippen LogP contribution in [-0.2, 0) is 16.6 Å². The fraction of sp³-hybridized carbons (Fsp3) is 0.429. The van der Waals surface area contributed by atoms with Crippen LogP contribution in [0.3, 0.4) is 0 Å². The van der Waals surface area contributed by atoms with Crippen molar-refractivity contribution in [3.8, 4) is 0 Å². The minimum absolute atomic E-state index is 0.0836. The first-order chi connectivity index (χ1) is 14.8. The van der Waals surface area contributed by atoms with Crippen LogP contribution < -0.4 is 5.73 Å². The van der Waals surface area contributed by atoms with E-state index in [1.54, 1.807) is 0 Å². The van der Waals surface area contributed by atoms with Gasteiger partial charge in [-0.1, -0.05) is 12.1 Å². The van der Waals surface area contributed by atoms with E-state index in [0.717, 1.165) is 31.5 Å². The molecule has 10 heteroatoms. The number of carbonyl (C=O) groups excluding carboxylic acids is 2. The van der Waals surface area contributed by atoms with E-state index in [1.807, 2.05) is 29.2 Å². The Balaban J connectivity index is 1.32. The van der Waals surface area contributed by atoms with Gasteiger partial charge < -0.3 is 15.1 Å². The lowest BCUT2D eigenvalue weighted by atomic mass is 10.1. The zero-order valence-corrected chi connectivity index (χ0v) is 18.0. The molecule has 0 radical (unpaired) electrons. The predicted molar refractivity (Wildman–Crippen MR) is 113 cm³/mol. The van der Waals surface area contributed by atoms with Crippen LogP contribution in [0.15, 0.2) is 45.9 Å². The van der Waals surface area contributed by atoms with Crippen molar-refractivity contribution in [2.75, 3.05) is 39.3 Å². The zero-order chi connectivity index (χ0) is 22.0. The molecule has 166 valence electrons. The van der Waals surface area contributed by atoms with Gasteiger partial charge in [0.05, 0.1) is 0 Å². The Bertz CT molecular complexity index is 1050. The number of piperazine rings is 1. The summed E-state index contributed by atoms with van der Waals surface area (Å²) >= 11 is 0. The van der Waals surface area contributed by atoms with E-state index < -0.39 is 15.9 Å². The van der Waals surface area contributed by atoms with Crippen LogP contribution in [0.2, 0.25) is 0 Å². The normalized spacial score (nSPS) is 18.4. The average molecular weight is 447 g/mol. The number of amides is 2. The summed E-state index contributed by atoms with van der Waals surface area (Å²) < 4.78 is 31.9. The number of hydrogen-bond acceptors (Lipinski definition) is 6. The molecule has 2 aliphatic heterocycles. The molecule has 0 bridgehead atoms. The summed E-state index contributed by atoms with van der Waals surface area (Å²) in [7, 11) is -3.80. The molecular formula is C21H26N4O5S. The quantitative estimate of drug-likeness (QED) is 0.711. The highest BCUT2D eigenvalue weighted by Crippen LogP contribution is 2.21. The van der Waals surface area contributed by atoms with E-state index in [4.69, 9.17) is 10.2 Å². The Hall–Kier alpha value is -2.69. The third-order valence-corrected chi connectivity index (χ3v) is 7.52. The molecule has 2 amide bonds. The van der Waals surface area contributed by atoms with Crippen molar-refractivity contribution in [2.24, 2.45) is 5.73 Å². The highest BCUT2D eigenvalue weighted by atomic mass is 32.2. The molecular weight excluding hydrogens is 420 g/mol. The fourth-order valence-corrected chi connectivity index (χ4v) is 5.29. The van der Waals surface area contributed by atoms with E-state index in [2.05, 4.69) is 4.90 Å². The van der Waals surface area contributed by atoms with E-state index in [-0.39, 0.29) is 16.8 Å². The number of primary amides is 1. The number of rotatable bonds is 6. The van der Waals surface area contributed by atoms with E-state index in [0.29, 0.717) is 38.3 Å². The molecule has 3 heterocycles. The molecule has 9 nitrogen and oxygen atoms in total. The number of carbonyl (C=O) groups is 2. The number of benzene rings is 1. The molecule has 0 aliphatic carbocycles. The molecule has 0 spiro atoms. The van der Waals surface area contributed by atoms with Gasteiger partial charge in [0.15, 0.2) is 5.76 Å². The van der Waals surface area contributed by atoms with E-state index in [9.17, 15) is 18.0 Å². The molecule has 0 saturated carbocycles. The van der Waals surface area contributed by atoms with Crippen molar-refractivity contribution >= 4 is 21.8 Å². The Kier molecular flexibility index (Phi) is 6.12. The third kappa shape index (κ3) is 4.65. The summed E-state index contributed by atoms with van der Waals surface area (Å²) in [6, 6.07) is 10.2. The van der Waals surface area contributed by atoms with Crippen LogP contribution in [0, 0.1) is 0 Å². The SMILES string of the molecule is NC(=O)c1ccc(S(=O)(=O)N2CCN(Cc3ccc(C(=O)N4CCCC4)cc3)CC2)o1. The van der Waals surface area contributed by atoms with Crippen molar-refractivity contribution in [3.05, 3.63) is 53.3 Å². The molecule has 0 atom stereocenters. The van der Waals surface area contributed by atoms with Gasteiger partial charge in [0.1, 0.15) is 0 Å². The average Bonchev–Trinajstić information content (AvgIpc) is 3.47. The summed E-state index contributed by atoms with van der Waals surface area (Å²) in [6.07, 6.45) is 2.13. The number of furan rings is 1. The maximum absolute atomic E-state index is 12.7. The van der Waals surface area contributed by atoms with Gasteiger partial charge in [0.2, 0.25) is 5.09 Å². The van der Waals surface area contributed by atoms with Crippen molar-refractivity contribution in [1.82, 2.24) is 14.1 Å². The van der Waals surface area contributed by atoms with Crippen LogP contribution in [0.1, 0.15) is 39.3 Å². The van der Waals surface area contributed by atoms with Gasteiger partial charge in [-0.25, -0.2) is 8.42 Å². The largest absolute Gasteiger partial charge is 0.438 e. The summed E-state index contributed by atoms with van der Waals surface area (Å²) in [6.45, 7) is 4.11. The topological polar surface area (TPSA) is 117 Å². The Morgan fingerprint density at radius 1 is 0.903 bits per heavy atom.